The minimum Gasteiger partial charge on any atom is -0.325 e. The highest BCUT2D eigenvalue weighted by Crippen LogP contribution is 2.52. The SMILES string of the molecule is CN1CCC(c2ccc(C(=O)Nc3ccc(C4CC4(N)CCc4ccccc4)cc3)cc2)CC1.Cl.Cl. The number of hydrogen-bond donors (Lipinski definition) is 2. The van der Waals surface area contributed by atoms with Crippen molar-refractivity contribution in [3.8, 4) is 0 Å². The largest absolute Gasteiger partial charge is 0.325 e. The Kier molecular flexibility index (Phi) is 9.59. The van der Waals surface area contributed by atoms with Crippen LogP contribution >= 0.6 is 24.8 Å². The van der Waals surface area contributed by atoms with Gasteiger partial charge in [-0.25, -0.2) is 0 Å². The van der Waals surface area contributed by atoms with Gasteiger partial charge in [-0.3, -0.25) is 4.79 Å². The molecule has 2 atom stereocenters. The van der Waals surface area contributed by atoms with Crippen LogP contribution in [0.15, 0.2) is 78.9 Å². The molecule has 192 valence electrons. The molecule has 0 spiro atoms. The van der Waals surface area contributed by atoms with E-state index in [1.165, 1.54) is 29.5 Å². The van der Waals surface area contributed by atoms with Gasteiger partial charge in [-0.05, 0) is 99.1 Å². The lowest BCUT2D eigenvalue weighted by Gasteiger charge is -2.29. The van der Waals surface area contributed by atoms with Crippen molar-refractivity contribution in [2.45, 2.75) is 49.5 Å². The lowest BCUT2D eigenvalue weighted by Crippen LogP contribution is -2.29. The van der Waals surface area contributed by atoms with Gasteiger partial charge in [0.05, 0.1) is 0 Å². The molecule has 3 N–H and O–H groups in total. The quantitative estimate of drug-likeness (QED) is 0.374. The summed E-state index contributed by atoms with van der Waals surface area (Å²) in [7, 11) is 2.18. The van der Waals surface area contributed by atoms with E-state index in [4.69, 9.17) is 5.73 Å². The van der Waals surface area contributed by atoms with Gasteiger partial charge in [-0.1, -0.05) is 54.6 Å². The van der Waals surface area contributed by atoms with Crippen molar-refractivity contribution in [1.82, 2.24) is 4.90 Å². The summed E-state index contributed by atoms with van der Waals surface area (Å²) in [6.07, 6.45) is 5.40. The van der Waals surface area contributed by atoms with Crippen LogP contribution in [0.2, 0.25) is 0 Å². The molecular weight excluding hydrogens is 489 g/mol. The number of nitrogens with zero attached hydrogens (tertiary/aromatic N) is 1. The summed E-state index contributed by atoms with van der Waals surface area (Å²) in [5, 5.41) is 3.04. The van der Waals surface area contributed by atoms with E-state index in [0.717, 1.165) is 38.0 Å². The van der Waals surface area contributed by atoms with Crippen molar-refractivity contribution >= 4 is 36.4 Å². The molecule has 3 aromatic carbocycles. The maximum atomic E-state index is 12.8. The number of aryl methyl sites for hydroxylation is 1. The first-order valence-corrected chi connectivity index (χ1v) is 12.5. The zero-order chi connectivity index (χ0) is 23.5. The van der Waals surface area contributed by atoms with E-state index in [1.807, 2.05) is 30.3 Å². The number of likely N-dealkylation sites (tertiary alicyclic amines) is 1. The van der Waals surface area contributed by atoms with E-state index in [0.29, 0.717) is 17.4 Å². The van der Waals surface area contributed by atoms with Crippen LogP contribution in [0, 0.1) is 0 Å². The molecule has 4 nitrogen and oxygen atoms in total. The van der Waals surface area contributed by atoms with Gasteiger partial charge in [0.1, 0.15) is 0 Å². The van der Waals surface area contributed by atoms with Crippen LogP contribution in [0.3, 0.4) is 0 Å². The van der Waals surface area contributed by atoms with Crippen molar-refractivity contribution in [1.29, 1.82) is 0 Å². The average Bonchev–Trinajstić information content (AvgIpc) is 3.56. The molecule has 0 bridgehead atoms. The lowest BCUT2D eigenvalue weighted by molar-refractivity contribution is 0.102. The van der Waals surface area contributed by atoms with Crippen LogP contribution in [0.25, 0.3) is 0 Å². The molecule has 1 aliphatic carbocycles. The normalized spacial score (nSPS) is 21.7. The summed E-state index contributed by atoms with van der Waals surface area (Å²) >= 11 is 0. The summed E-state index contributed by atoms with van der Waals surface area (Å²) in [4.78, 5) is 15.1. The van der Waals surface area contributed by atoms with Crippen molar-refractivity contribution in [3.63, 3.8) is 0 Å². The van der Waals surface area contributed by atoms with Gasteiger partial charge in [0.2, 0.25) is 0 Å². The van der Waals surface area contributed by atoms with E-state index in [2.05, 4.69) is 65.8 Å². The Bertz CT molecular complexity index is 1110. The van der Waals surface area contributed by atoms with Gasteiger partial charge in [-0.2, -0.15) is 0 Å². The molecule has 0 radical (unpaired) electrons. The van der Waals surface area contributed by atoms with Crippen LogP contribution in [-0.2, 0) is 6.42 Å². The van der Waals surface area contributed by atoms with Crippen molar-refractivity contribution in [2.24, 2.45) is 5.73 Å². The van der Waals surface area contributed by atoms with Crippen LogP contribution in [0.1, 0.15) is 64.6 Å². The number of benzene rings is 3. The average molecular weight is 527 g/mol. The van der Waals surface area contributed by atoms with Crippen LogP contribution in [-0.4, -0.2) is 36.5 Å². The molecule has 1 saturated carbocycles. The fourth-order valence-electron chi connectivity index (χ4n) is 5.32. The highest BCUT2D eigenvalue weighted by atomic mass is 35.5. The van der Waals surface area contributed by atoms with E-state index in [1.54, 1.807) is 0 Å². The molecule has 2 aliphatic rings. The van der Waals surface area contributed by atoms with Gasteiger partial charge in [-0.15, -0.1) is 24.8 Å². The molecule has 2 fully saturated rings. The van der Waals surface area contributed by atoms with E-state index >= 15 is 0 Å². The van der Waals surface area contributed by atoms with Crippen LogP contribution in [0.4, 0.5) is 5.69 Å². The van der Waals surface area contributed by atoms with Crippen molar-refractivity contribution in [3.05, 3.63) is 101 Å². The molecule has 5 rings (SSSR count). The predicted octanol–water partition coefficient (Wildman–Crippen LogP) is 6.41. The third-order valence-corrected chi connectivity index (χ3v) is 7.77. The summed E-state index contributed by atoms with van der Waals surface area (Å²) in [6.45, 7) is 2.28. The maximum absolute atomic E-state index is 12.8. The first kappa shape index (κ1) is 28.2. The smallest absolute Gasteiger partial charge is 0.255 e. The molecule has 0 aromatic heterocycles. The third kappa shape index (κ3) is 6.68. The van der Waals surface area contributed by atoms with Crippen molar-refractivity contribution < 1.29 is 4.79 Å². The number of nitrogens with one attached hydrogen (secondary N) is 1. The van der Waals surface area contributed by atoms with E-state index < -0.39 is 0 Å². The molecule has 6 heteroatoms. The second-order valence-electron chi connectivity index (χ2n) is 10.3. The minimum atomic E-state index is -0.115. The Morgan fingerprint density at radius 2 is 1.53 bits per heavy atom. The number of carbonyl (C=O) groups is 1. The molecule has 36 heavy (non-hydrogen) atoms. The number of halogens is 2. The Morgan fingerprint density at radius 3 is 2.17 bits per heavy atom. The molecule has 3 aromatic rings. The predicted molar refractivity (Wildman–Crippen MR) is 154 cm³/mol. The molecule has 1 saturated heterocycles. The summed E-state index contributed by atoms with van der Waals surface area (Å²) in [5.74, 6) is 0.934. The van der Waals surface area contributed by atoms with Crippen molar-refractivity contribution in [2.75, 3.05) is 25.5 Å². The monoisotopic (exact) mass is 525 g/mol. The Hall–Kier alpha value is -2.37. The van der Waals surface area contributed by atoms with Gasteiger partial charge < -0.3 is 16.0 Å². The second-order valence-corrected chi connectivity index (χ2v) is 10.3. The number of amides is 1. The van der Waals surface area contributed by atoms with Gasteiger partial charge >= 0.3 is 0 Å². The zero-order valence-corrected chi connectivity index (χ0v) is 22.5. The van der Waals surface area contributed by atoms with Crippen LogP contribution in [0.5, 0.6) is 0 Å². The summed E-state index contributed by atoms with van der Waals surface area (Å²) in [6, 6.07) is 26.9. The fraction of sp³-hybridized carbons (Fsp3) is 0.367. The summed E-state index contributed by atoms with van der Waals surface area (Å²) < 4.78 is 0. The Labute approximate surface area is 227 Å². The van der Waals surface area contributed by atoms with Gasteiger partial charge in [0.15, 0.2) is 0 Å². The van der Waals surface area contributed by atoms with Gasteiger partial charge in [0.25, 0.3) is 5.91 Å². The topological polar surface area (TPSA) is 58.4 Å². The van der Waals surface area contributed by atoms with Crippen LogP contribution < -0.4 is 11.1 Å². The van der Waals surface area contributed by atoms with E-state index in [-0.39, 0.29) is 36.3 Å². The zero-order valence-electron chi connectivity index (χ0n) is 20.9. The number of piperidine rings is 1. The van der Waals surface area contributed by atoms with Gasteiger partial charge in [0, 0.05) is 22.7 Å². The molecular formula is C30H37Cl2N3O. The van der Waals surface area contributed by atoms with E-state index in [9.17, 15) is 4.79 Å². The lowest BCUT2D eigenvalue weighted by atomic mass is 9.89. The standard InChI is InChI=1S/C30H35N3O.2ClH/c1-33-19-16-24(17-20-33)23-7-9-26(10-8-23)29(34)32-27-13-11-25(12-14-27)28-21-30(28,31)18-15-22-5-3-2-4-6-22;;/h2-14,24,28H,15-21,31H2,1H3,(H,32,34);2*1H. The molecule has 1 heterocycles. The number of anilines is 1. The highest BCUT2D eigenvalue weighted by molar-refractivity contribution is 6.04. The summed E-state index contributed by atoms with van der Waals surface area (Å²) in [5.41, 5.74) is 12.0. The Morgan fingerprint density at radius 1 is 0.917 bits per heavy atom. The third-order valence-electron chi connectivity index (χ3n) is 7.77. The number of hydrogen-bond acceptors (Lipinski definition) is 3. The highest BCUT2D eigenvalue weighted by Gasteiger charge is 2.50. The Balaban J connectivity index is 0.00000180. The molecule has 2 unspecified atom stereocenters. The molecule has 1 aliphatic heterocycles. The first-order valence-electron chi connectivity index (χ1n) is 12.5. The molecule has 1 amide bonds. The maximum Gasteiger partial charge on any atom is 0.255 e. The number of carbonyl (C=O) groups excluding carboxylic acids is 1. The number of rotatable bonds is 7. The fourth-order valence-corrected chi connectivity index (χ4v) is 5.32. The second kappa shape index (κ2) is 12.2. The number of nitrogens with two attached hydrogens (primary N) is 1. The minimum absolute atomic E-state index is 0. The first-order chi connectivity index (χ1) is 16.5.